The lowest BCUT2D eigenvalue weighted by Crippen LogP contribution is -2.46. The largest absolute Gasteiger partial charge is 0.539 e. The molecule has 1 atom stereocenters. The highest BCUT2D eigenvalue weighted by atomic mass is 32.1. The molecule has 10 nitrogen and oxygen atoms in total. The van der Waals surface area contributed by atoms with E-state index in [4.69, 9.17) is 26.9 Å². The zero-order chi connectivity index (χ0) is 28.9. The van der Waals surface area contributed by atoms with Crippen LogP contribution in [0.1, 0.15) is 56.3 Å². The number of hydrogen-bond acceptors (Lipinski definition) is 8. The third kappa shape index (κ3) is 6.64. The topological polar surface area (TPSA) is 94.6 Å². The van der Waals surface area contributed by atoms with E-state index in [0.29, 0.717) is 28.9 Å². The fourth-order valence-corrected chi connectivity index (χ4v) is 5.36. The fourth-order valence-electron chi connectivity index (χ4n) is 5.12. The van der Waals surface area contributed by atoms with E-state index in [9.17, 15) is 5.11 Å². The van der Waals surface area contributed by atoms with Crippen LogP contribution in [0.15, 0.2) is 64.2 Å². The average molecular weight is 575 g/mol. The predicted octanol–water partition coefficient (Wildman–Crippen LogP) is 3.58. The van der Waals surface area contributed by atoms with Crippen LogP contribution in [0, 0.1) is 10.7 Å². The Bertz CT molecular complexity index is 1520. The van der Waals surface area contributed by atoms with Crippen molar-refractivity contribution in [2.45, 2.75) is 46.7 Å². The van der Waals surface area contributed by atoms with Crippen LogP contribution in [0.25, 0.3) is 5.69 Å². The van der Waals surface area contributed by atoms with Crippen LogP contribution in [0.2, 0.25) is 0 Å². The summed E-state index contributed by atoms with van der Waals surface area (Å²) in [6, 6.07) is 18.0. The molecule has 0 radical (unpaired) electrons. The molecule has 4 aromatic rings. The number of nitrogens with zero attached hydrogens (tertiary/aromatic N) is 8. The summed E-state index contributed by atoms with van der Waals surface area (Å²) in [4.78, 5) is 4.80. The molecular formula is C30H38N8O2S. The van der Waals surface area contributed by atoms with Gasteiger partial charge < -0.3 is 14.5 Å². The summed E-state index contributed by atoms with van der Waals surface area (Å²) in [7, 11) is 0. The molecule has 1 fully saturated rings. The predicted molar refractivity (Wildman–Crippen MR) is 158 cm³/mol. The Morgan fingerprint density at radius 2 is 1.71 bits per heavy atom. The molecule has 2 aromatic heterocycles. The van der Waals surface area contributed by atoms with Gasteiger partial charge in [-0.1, -0.05) is 70.2 Å². The van der Waals surface area contributed by atoms with E-state index < -0.39 is 5.95 Å². The van der Waals surface area contributed by atoms with E-state index in [2.05, 4.69) is 67.0 Å². The minimum Gasteiger partial charge on any atom is -0.539 e. The molecule has 41 heavy (non-hydrogen) atoms. The summed E-state index contributed by atoms with van der Waals surface area (Å²) < 4.78 is 10.4. The maximum Gasteiger partial charge on any atom is 0.283 e. The first-order chi connectivity index (χ1) is 19.8. The number of hydrogen-bond donors (Lipinski definition) is 0. The lowest BCUT2D eigenvalue weighted by molar-refractivity contribution is -0.671. The average Bonchev–Trinajstić information content (AvgIpc) is 3.51. The van der Waals surface area contributed by atoms with E-state index in [0.717, 1.165) is 44.7 Å². The summed E-state index contributed by atoms with van der Waals surface area (Å²) in [6.07, 6.45) is 2.49. The van der Waals surface area contributed by atoms with Crippen LogP contribution < -0.4 is 9.79 Å². The Labute approximate surface area is 246 Å². The molecule has 5 rings (SSSR count). The van der Waals surface area contributed by atoms with Crippen molar-refractivity contribution >= 4 is 18.4 Å². The van der Waals surface area contributed by atoms with E-state index in [1.165, 1.54) is 16.5 Å². The minimum atomic E-state index is -0.583. The second-order valence-corrected chi connectivity index (χ2v) is 11.3. The van der Waals surface area contributed by atoms with Crippen LogP contribution in [0.4, 0.5) is 0 Å². The highest BCUT2D eigenvalue weighted by molar-refractivity contribution is 7.71. The van der Waals surface area contributed by atoms with Gasteiger partial charge in [0.05, 0.1) is 11.9 Å². The molecule has 1 saturated heterocycles. The lowest BCUT2D eigenvalue weighted by Gasteiger charge is -2.33. The second-order valence-electron chi connectivity index (χ2n) is 10.9. The summed E-state index contributed by atoms with van der Waals surface area (Å²) in [6.45, 7) is 14.3. The van der Waals surface area contributed by atoms with Gasteiger partial charge in [-0.25, -0.2) is 4.68 Å². The van der Waals surface area contributed by atoms with Crippen molar-refractivity contribution in [2.75, 3.05) is 32.7 Å². The maximum atomic E-state index is 12.6. The van der Waals surface area contributed by atoms with Crippen molar-refractivity contribution in [2.24, 2.45) is 11.0 Å². The Kier molecular flexibility index (Phi) is 9.06. The quantitative estimate of drug-likeness (QED) is 0.162. The molecule has 1 aliphatic rings. The van der Waals surface area contributed by atoms with Crippen molar-refractivity contribution in [3.63, 3.8) is 0 Å². The molecule has 1 aliphatic heterocycles. The first-order valence-electron chi connectivity index (χ1n) is 14.3. The van der Waals surface area contributed by atoms with Gasteiger partial charge in [0.15, 0.2) is 11.8 Å². The van der Waals surface area contributed by atoms with Crippen LogP contribution >= 0.6 is 12.2 Å². The minimum absolute atomic E-state index is 0.0874. The van der Waals surface area contributed by atoms with Crippen LogP contribution in [0.3, 0.4) is 0 Å². The molecule has 216 valence electrons. The normalized spacial score (nSPS) is 15.7. The van der Waals surface area contributed by atoms with Gasteiger partial charge in [0.2, 0.25) is 10.5 Å². The molecule has 3 heterocycles. The fraction of sp³-hybridized carbons (Fsp3) is 0.433. The monoisotopic (exact) mass is 574 g/mol. The highest BCUT2D eigenvalue weighted by Crippen LogP contribution is 2.25. The number of aromatic nitrogens is 5. The molecule has 0 aliphatic carbocycles. The molecule has 0 spiro atoms. The Morgan fingerprint density at radius 1 is 1.02 bits per heavy atom. The standard InChI is InChI=1S/C30H38N8O2S/c1-5-34-15-17-35(18-16-34)21-36-30(41)38(28(32-36)23(4)25-13-11-24(12-14-25)19-22(2)3)31-20-27-29(39)40-33-37(27)26-9-7-6-8-10-26/h6-14,20,22-23H,5,15-19,21H2,1-4H3. The molecule has 11 heteroatoms. The van der Waals surface area contributed by atoms with Crippen LogP contribution in [-0.2, 0) is 13.1 Å². The number of piperazine rings is 1. The summed E-state index contributed by atoms with van der Waals surface area (Å²) in [5.74, 6) is 0.621. The Morgan fingerprint density at radius 3 is 2.37 bits per heavy atom. The first kappa shape index (κ1) is 28.8. The zero-order valence-electron chi connectivity index (χ0n) is 24.2. The smallest absolute Gasteiger partial charge is 0.283 e. The number of para-hydroxylation sites is 1. The van der Waals surface area contributed by atoms with Gasteiger partial charge in [0.25, 0.3) is 5.69 Å². The Hall–Kier alpha value is -3.67. The van der Waals surface area contributed by atoms with Gasteiger partial charge in [-0.05, 0) is 46.9 Å². The molecule has 0 bridgehead atoms. The highest BCUT2D eigenvalue weighted by Gasteiger charge is 2.23. The first-order valence-corrected chi connectivity index (χ1v) is 14.7. The van der Waals surface area contributed by atoms with Gasteiger partial charge in [0, 0.05) is 44.2 Å². The lowest BCUT2D eigenvalue weighted by atomic mass is 9.96. The Balaban J connectivity index is 1.49. The summed E-state index contributed by atoms with van der Waals surface area (Å²) in [5.41, 5.74) is 3.31. The van der Waals surface area contributed by atoms with E-state index >= 15 is 0 Å². The number of rotatable bonds is 10. The maximum absolute atomic E-state index is 12.6. The van der Waals surface area contributed by atoms with Crippen molar-refractivity contribution in [1.29, 1.82) is 0 Å². The van der Waals surface area contributed by atoms with E-state index in [-0.39, 0.29) is 11.6 Å². The van der Waals surface area contributed by atoms with Crippen molar-refractivity contribution in [3.8, 4) is 11.6 Å². The van der Waals surface area contributed by atoms with Crippen molar-refractivity contribution in [1.82, 2.24) is 29.5 Å². The molecular weight excluding hydrogens is 536 g/mol. The molecule has 0 N–H and O–H groups in total. The van der Waals surface area contributed by atoms with Gasteiger partial charge in [-0.15, -0.1) is 0 Å². The second kappa shape index (κ2) is 12.9. The van der Waals surface area contributed by atoms with E-state index in [1.54, 1.807) is 4.68 Å². The zero-order valence-corrected chi connectivity index (χ0v) is 25.0. The van der Waals surface area contributed by atoms with Gasteiger partial charge in [-0.2, -0.15) is 14.9 Å². The van der Waals surface area contributed by atoms with Crippen molar-refractivity contribution < 1.29 is 14.3 Å². The number of likely N-dealkylation sites (N-methyl/N-ethyl adjacent to an activating group) is 1. The van der Waals surface area contributed by atoms with Crippen LogP contribution in [0.5, 0.6) is 5.95 Å². The molecule has 0 saturated carbocycles. The third-order valence-corrected chi connectivity index (χ3v) is 7.92. The third-order valence-electron chi connectivity index (χ3n) is 7.54. The van der Waals surface area contributed by atoms with Gasteiger partial charge in [-0.3, -0.25) is 4.90 Å². The van der Waals surface area contributed by atoms with Crippen LogP contribution in [-0.4, -0.2) is 68.5 Å². The summed E-state index contributed by atoms with van der Waals surface area (Å²) >= 11 is 5.91. The van der Waals surface area contributed by atoms with Crippen molar-refractivity contribution in [3.05, 3.63) is 82.0 Å². The molecule has 1 unspecified atom stereocenters. The number of benzene rings is 2. The molecule has 2 aromatic carbocycles. The summed E-state index contributed by atoms with van der Waals surface area (Å²) in [5, 5.41) is 26.2. The molecule has 0 amide bonds. The van der Waals surface area contributed by atoms with E-state index in [1.807, 2.05) is 35.0 Å². The SMILES string of the molecule is CCN1CCN(Cn2nc(C(C)c3ccc(CC(C)C)cc3)n(/N=C/c3c([O-])on[n+]3-c3ccccc3)c2=S)CC1. The van der Waals surface area contributed by atoms with Gasteiger partial charge >= 0.3 is 0 Å². The van der Waals surface area contributed by atoms with Gasteiger partial charge in [0.1, 0.15) is 6.21 Å².